The molecular formula is C10H18O8S. The first-order valence-electron chi connectivity index (χ1n) is 5.81. The third-order valence-corrected chi connectivity index (χ3v) is 3.45. The van der Waals surface area contributed by atoms with E-state index in [1.165, 1.54) is 0 Å². The summed E-state index contributed by atoms with van der Waals surface area (Å²) in [6.07, 6.45) is -4.08. The third kappa shape index (κ3) is 3.43. The van der Waals surface area contributed by atoms with Gasteiger partial charge in [0.2, 0.25) is 0 Å². The molecule has 112 valence electrons. The fourth-order valence-corrected chi connectivity index (χ4v) is 2.51. The van der Waals surface area contributed by atoms with Crippen LogP contribution in [0.5, 0.6) is 0 Å². The Hall–Kier alpha value is -0.290. The minimum atomic E-state index is -3.66. The molecule has 0 saturated carbocycles. The van der Waals surface area contributed by atoms with E-state index in [0.717, 1.165) is 6.26 Å². The molecule has 0 bridgehead atoms. The molecular weight excluding hydrogens is 280 g/mol. The smallest absolute Gasteiger partial charge is 0.264 e. The monoisotopic (exact) mass is 298 g/mol. The van der Waals surface area contributed by atoms with Crippen LogP contribution in [0.2, 0.25) is 0 Å². The van der Waals surface area contributed by atoms with Crippen molar-refractivity contribution in [3.05, 3.63) is 0 Å². The lowest BCUT2D eigenvalue weighted by molar-refractivity contribution is -0.226. The Labute approximate surface area is 111 Å². The van der Waals surface area contributed by atoms with Crippen molar-refractivity contribution in [2.45, 2.75) is 50.3 Å². The maximum atomic E-state index is 10.8. The second-order valence-corrected chi connectivity index (χ2v) is 6.76. The van der Waals surface area contributed by atoms with Crippen LogP contribution in [0.15, 0.2) is 0 Å². The van der Waals surface area contributed by atoms with Crippen LogP contribution in [0.1, 0.15) is 13.8 Å². The summed E-state index contributed by atoms with van der Waals surface area (Å²) < 4.78 is 42.3. The average Bonchev–Trinajstić information content (AvgIpc) is 2.69. The summed E-state index contributed by atoms with van der Waals surface area (Å²) >= 11 is 0. The SMILES string of the molecule is CC1(C)O[C@H]2O[C@H]([C@H](O)COS(C)(=O)=O)[C@@H](O)[C@H]2O1. The quantitative estimate of drug-likeness (QED) is 0.607. The molecule has 2 aliphatic rings. The van der Waals surface area contributed by atoms with Crippen LogP contribution in [-0.4, -0.2) is 68.0 Å². The lowest BCUT2D eigenvalue weighted by atomic mass is 10.1. The first-order valence-corrected chi connectivity index (χ1v) is 7.62. The fraction of sp³-hybridized carbons (Fsp3) is 1.00. The maximum absolute atomic E-state index is 10.8. The largest absolute Gasteiger partial charge is 0.388 e. The van der Waals surface area contributed by atoms with Gasteiger partial charge in [-0.05, 0) is 13.8 Å². The Morgan fingerprint density at radius 1 is 1.37 bits per heavy atom. The van der Waals surface area contributed by atoms with E-state index in [4.69, 9.17) is 14.2 Å². The molecule has 0 aromatic carbocycles. The van der Waals surface area contributed by atoms with E-state index < -0.39 is 53.2 Å². The number of rotatable bonds is 4. The summed E-state index contributed by atoms with van der Waals surface area (Å²) in [6, 6.07) is 0. The predicted molar refractivity (Wildman–Crippen MR) is 61.5 cm³/mol. The maximum Gasteiger partial charge on any atom is 0.264 e. The van der Waals surface area contributed by atoms with Crippen molar-refractivity contribution in [2.24, 2.45) is 0 Å². The number of ether oxygens (including phenoxy) is 3. The Morgan fingerprint density at radius 3 is 2.53 bits per heavy atom. The van der Waals surface area contributed by atoms with Crippen molar-refractivity contribution in [1.29, 1.82) is 0 Å². The molecule has 2 aliphatic heterocycles. The van der Waals surface area contributed by atoms with E-state index in [2.05, 4.69) is 4.18 Å². The lowest BCUT2D eigenvalue weighted by Gasteiger charge is -2.25. The molecule has 8 nitrogen and oxygen atoms in total. The lowest BCUT2D eigenvalue weighted by Crippen LogP contribution is -2.43. The van der Waals surface area contributed by atoms with E-state index in [1.54, 1.807) is 13.8 Å². The van der Waals surface area contributed by atoms with E-state index in [1.807, 2.05) is 0 Å². The molecule has 2 heterocycles. The molecule has 2 fully saturated rings. The van der Waals surface area contributed by atoms with Gasteiger partial charge in [0, 0.05) is 0 Å². The molecule has 5 atom stereocenters. The average molecular weight is 298 g/mol. The van der Waals surface area contributed by atoms with E-state index in [0.29, 0.717) is 0 Å². The van der Waals surface area contributed by atoms with Gasteiger partial charge in [0.15, 0.2) is 12.1 Å². The topological polar surface area (TPSA) is 112 Å². The van der Waals surface area contributed by atoms with Gasteiger partial charge in [0.25, 0.3) is 10.1 Å². The van der Waals surface area contributed by atoms with Gasteiger partial charge in [-0.15, -0.1) is 0 Å². The highest BCUT2D eigenvalue weighted by Gasteiger charge is 2.55. The van der Waals surface area contributed by atoms with E-state index in [9.17, 15) is 18.6 Å². The van der Waals surface area contributed by atoms with Crippen LogP contribution in [0.25, 0.3) is 0 Å². The van der Waals surface area contributed by atoms with Crippen molar-refractivity contribution >= 4 is 10.1 Å². The van der Waals surface area contributed by atoms with Crippen molar-refractivity contribution < 1.29 is 37.0 Å². The number of fused-ring (bicyclic) bond motifs is 1. The Kier molecular flexibility index (Phi) is 3.91. The molecule has 2 saturated heterocycles. The first-order chi connectivity index (χ1) is 8.59. The van der Waals surface area contributed by atoms with Crippen LogP contribution >= 0.6 is 0 Å². The van der Waals surface area contributed by atoms with Gasteiger partial charge in [-0.25, -0.2) is 0 Å². The fourth-order valence-electron chi connectivity index (χ4n) is 2.12. The highest BCUT2D eigenvalue weighted by atomic mass is 32.2. The molecule has 0 aliphatic carbocycles. The Morgan fingerprint density at radius 2 is 2.00 bits per heavy atom. The van der Waals surface area contributed by atoms with Gasteiger partial charge in [-0.1, -0.05) is 0 Å². The van der Waals surface area contributed by atoms with Gasteiger partial charge >= 0.3 is 0 Å². The minimum absolute atomic E-state index is 0.497. The zero-order valence-corrected chi connectivity index (χ0v) is 11.7. The highest BCUT2D eigenvalue weighted by Crippen LogP contribution is 2.38. The number of hydrogen-bond acceptors (Lipinski definition) is 8. The number of aliphatic hydroxyl groups is 2. The molecule has 2 N–H and O–H groups in total. The zero-order chi connectivity index (χ0) is 14.4. The van der Waals surface area contributed by atoms with E-state index >= 15 is 0 Å². The summed E-state index contributed by atoms with van der Waals surface area (Å²) in [5, 5.41) is 19.8. The molecule has 9 heteroatoms. The zero-order valence-electron chi connectivity index (χ0n) is 10.8. The normalized spacial score (nSPS) is 39.2. The number of hydrogen-bond donors (Lipinski definition) is 2. The van der Waals surface area contributed by atoms with Crippen molar-refractivity contribution in [1.82, 2.24) is 0 Å². The minimum Gasteiger partial charge on any atom is -0.388 e. The molecule has 2 rings (SSSR count). The summed E-state index contributed by atoms with van der Waals surface area (Å²) in [5.41, 5.74) is 0. The van der Waals surface area contributed by atoms with Crippen LogP contribution in [0.4, 0.5) is 0 Å². The molecule has 19 heavy (non-hydrogen) atoms. The summed E-state index contributed by atoms with van der Waals surface area (Å²) in [5.74, 6) is -0.866. The highest BCUT2D eigenvalue weighted by molar-refractivity contribution is 7.85. The summed E-state index contributed by atoms with van der Waals surface area (Å²) in [4.78, 5) is 0. The molecule has 0 amide bonds. The molecule has 0 spiro atoms. The van der Waals surface area contributed by atoms with Gasteiger partial charge < -0.3 is 24.4 Å². The Balaban J connectivity index is 1.94. The van der Waals surface area contributed by atoms with E-state index in [-0.39, 0.29) is 0 Å². The van der Waals surface area contributed by atoms with Crippen LogP contribution < -0.4 is 0 Å². The first kappa shape index (κ1) is 15.1. The van der Waals surface area contributed by atoms with Gasteiger partial charge in [0.1, 0.15) is 24.4 Å². The van der Waals surface area contributed by atoms with Crippen molar-refractivity contribution in [3.63, 3.8) is 0 Å². The van der Waals surface area contributed by atoms with Crippen LogP contribution in [0.3, 0.4) is 0 Å². The van der Waals surface area contributed by atoms with Crippen molar-refractivity contribution in [3.8, 4) is 0 Å². The molecule has 0 aromatic rings. The second kappa shape index (κ2) is 4.92. The van der Waals surface area contributed by atoms with Gasteiger partial charge in [-0.2, -0.15) is 8.42 Å². The molecule has 0 aromatic heterocycles. The second-order valence-electron chi connectivity index (χ2n) is 5.12. The number of aliphatic hydroxyl groups excluding tert-OH is 2. The van der Waals surface area contributed by atoms with Crippen LogP contribution in [-0.2, 0) is 28.5 Å². The van der Waals surface area contributed by atoms with Gasteiger partial charge in [-0.3, -0.25) is 4.18 Å². The van der Waals surface area contributed by atoms with Crippen molar-refractivity contribution in [2.75, 3.05) is 12.9 Å². The predicted octanol–water partition coefficient (Wildman–Crippen LogP) is -1.44. The standard InChI is InChI=1S/C10H18O8S/c1-10(2)17-8-6(12)7(16-9(8)18-10)5(11)4-15-19(3,13)14/h5-9,11-12H,4H2,1-3H3/t5-,6-,7-,8-,9-/m1/s1. The summed E-state index contributed by atoms with van der Waals surface area (Å²) in [7, 11) is -3.66. The molecule has 0 unspecified atom stereocenters. The summed E-state index contributed by atoms with van der Waals surface area (Å²) in [6.45, 7) is 2.86. The van der Waals surface area contributed by atoms with Gasteiger partial charge in [0.05, 0.1) is 12.9 Å². The van der Waals surface area contributed by atoms with Crippen LogP contribution in [0, 0.1) is 0 Å². The molecule has 0 radical (unpaired) electrons. The third-order valence-electron chi connectivity index (χ3n) is 2.88. The Bertz CT molecular complexity index is 433.